The van der Waals surface area contributed by atoms with Gasteiger partial charge in [0.1, 0.15) is 5.82 Å². The Hall–Kier alpha value is -1.81. The Labute approximate surface area is 108 Å². The first-order valence-corrected chi connectivity index (χ1v) is 6.78. The van der Waals surface area contributed by atoms with Crippen LogP contribution >= 0.6 is 11.8 Å². The van der Waals surface area contributed by atoms with Gasteiger partial charge in [0.15, 0.2) is 0 Å². The van der Waals surface area contributed by atoms with Crippen LogP contribution in [0.2, 0.25) is 0 Å². The summed E-state index contributed by atoms with van der Waals surface area (Å²) in [6, 6.07) is 12.7. The van der Waals surface area contributed by atoms with Crippen LogP contribution in [0.15, 0.2) is 53.6 Å². The molecular formula is C14H11FN2S. The van der Waals surface area contributed by atoms with Gasteiger partial charge in [-0.15, -0.1) is 11.8 Å². The Morgan fingerprint density at radius 2 is 1.89 bits per heavy atom. The Kier molecular flexibility index (Phi) is 2.80. The van der Waals surface area contributed by atoms with E-state index in [2.05, 4.69) is 5.10 Å². The lowest BCUT2D eigenvalue weighted by molar-refractivity contribution is 0.630. The van der Waals surface area contributed by atoms with Crippen LogP contribution in [-0.4, -0.2) is 16.0 Å². The molecule has 0 aliphatic heterocycles. The zero-order chi connectivity index (χ0) is 12.5. The van der Waals surface area contributed by atoms with Crippen molar-refractivity contribution in [1.82, 2.24) is 9.78 Å². The molecule has 0 amide bonds. The van der Waals surface area contributed by atoms with E-state index in [1.54, 1.807) is 22.5 Å². The molecule has 0 aliphatic rings. The quantitative estimate of drug-likeness (QED) is 0.649. The first-order chi connectivity index (χ1) is 8.76. The Bertz CT molecular complexity index is 689. The number of rotatable bonds is 2. The second-order valence-electron chi connectivity index (χ2n) is 3.97. The monoisotopic (exact) mass is 258 g/mol. The number of aromatic nitrogens is 2. The molecule has 0 aliphatic carbocycles. The van der Waals surface area contributed by atoms with Gasteiger partial charge in [0.2, 0.25) is 0 Å². The average Bonchev–Trinajstić information content (AvgIpc) is 2.81. The molecule has 0 fully saturated rings. The Balaban J connectivity index is 2.07. The van der Waals surface area contributed by atoms with Gasteiger partial charge in [-0.1, -0.05) is 0 Å². The van der Waals surface area contributed by atoms with Gasteiger partial charge in [0.05, 0.1) is 11.2 Å². The molecule has 3 aromatic rings. The van der Waals surface area contributed by atoms with E-state index in [-0.39, 0.29) is 5.82 Å². The van der Waals surface area contributed by atoms with Crippen molar-refractivity contribution in [2.75, 3.05) is 6.26 Å². The third-order valence-electron chi connectivity index (χ3n) is 2.80. The second kappa shape index (κ2) is 4.46. The zero-order valence-electron chi connectivity index (χ0n) is 9.80. The smallest absolute Gasteiger partial charge is 0.124 e. The first kappa shape index (κ1) is 11.3. The number of benzene rings is 2. The summed E-state index contributed by atoms with van der Waals surface area (Å²) >= 11 is 1.70. The lowest BCUT2D eigenvalue weighted by Crippen LogP contribution is -1.93. The number of thioether (sulfide) groups is 1. The van der Waals surface area contributed by atoms with Crippen LogP contribution in [-0.2, 0) is 0 Å². The molecule has 90 valence electrons. The van der Waals surface area contributed by atoms with E-state index in [0.29, 0.717) is 0 Å². The largest absolute Gasteiger partial charge is 0.240 e. The van der Waals surface area contributed by atoms with Gasteiger partial charge in [-0.05, 0) is 48.7 Å². The molecule has 0 saturated carbocycles. The minimum absolute atomic E-state index is 0.236. The molecule has 3 rings (SSSR count). The molecule has 4 heteroatoms. The summed E-state index contributed by atoms with van der Waals surface area (Å²) in [7, 11) is 0. The standard InChI is InChI=1S/C14H11FN2S/c1-18-13-5-3-12(4-6-13)17-9-10-8-11(15)2-7-14(10)16-17/h2-9H,1H3. The summed E-state index contributed by atoms with van der Waals surface area (Å²) in [6.07, 6.45) is 3.88. The minimum Gasteiger partial charge on any atom is -0.240 e. The number of nitrogens with zero attached hydrogens (tertiary/aromatic N) is 2. The Morgan fingerprint density at radius 3 is 2.61 bits per heavy atom. The molecule has 2 nitrogen and oxygen atoms in total. The summed E-state index contributed by atoms with van der Waals surface area (Å²) in [5.74, 6) is -0.236. The number of halogens is 1. The SMILES string of the molecule is CSc1ccc(-n2cc3cc(F)ccc3n2)cc1. The highest BCUT2D eigenvalue weighted by Crippen LogP contribution is 2.19. The van der Waals surface area contributed by atoms with E-state index in [9.17, 15) is 4.39 Å². The minimum atomic E-state index is -0.236. The lowest BCUT2D eigenvalue weighted by Gasteiger charge is -2.01. The van der Waals surface area contributed by atoms with Gasteiger partial charge in [-0.3, -0.25) is 0 Å². The fourth-order valence-electron chi connectivity index (χ4n) is 1.86. The van der Waals surface area contributed by atoms with E-state index in [0.717, 1.165) is 16.6 Å². The number of hydrogen-bond donors (Lipinski definition) is 0. The fraction of sp³-hybridized carbons (Fsp3) is 0.0714. The zero-order valence-corrected chi connectivity index (χ0v) is 10.6. The van der Waals surface area contributed by atoms with Gasteiger partial charge < -0.3 is 0 Å². The molecule has 0 saturated heterocycles. The third kappa shape index (κ3) is 1.99. The van der Waals surface area contributed by atoms with E-state index in [1.165, 1.54) is 17.0 Å². The van der Waals surface area contributed by atoms with Crippen LogP contribution in [0.3, 0.4) is 0 Å². The van der Waals surface area contributed by atoms with Crippen LogP contribution in [0.25, 0.3) is 16.6 Å². The molecule has 0 radical (unpaired) electrons. The highest BCUT2D eigenvalue weighted by atomic mass is 32.2. The topological polar surface area (TPSA) is 17.8 Å². The molecule has 1 heterocycles. The van der Waals surface area contributed by atoms with Crippen molar-refractivity contribution in [3.8, 4) is 5.69 Å². The number of fused-ring (bicyclic) bond motifs is 1. The van der Waals surface area contributed by atoms with E-state index in [4.69, 9.17) is 0 Å². The van der Waals surface area contributed by atoms with Crippen molar-refractivity contribution in [3.05, 3.63) is 54.5 Å². The number of hydrogen-bond acceptors (Lipinski definition) is 2. The molecular weight excluding hydrogens is 247 g/mol. The molecule has 18 heavy (non-hydrogen) atoms. The predicted molar refractivity (Wildman–Crippen MR) is 72.8 cm³/mol. The normalized spacial score (nSPS) is 11.0. The summed E-state index contributed by atoms with van der Waals surface area (Å²) in [5.41, 5.74) is 1.77. The maximum Gasteiger partial charge on any atom is 0.124 e. The van der Waals surface area contributed by atoms with Crippen LogP contribution in [0.1, 0.15) is 0 Å². The molecule has 0 bridgehead atoms. The summed E-state index contributed by atoms with van der Waals surface area (Å²) in [5, 5.41) is 5.23. The van der Waals surface area contributed by atoms with Crippen LogP contribution < -0.4 is 0 Å². The van der Waals surface area contributed by atoms with Crippen molar-refractivity contribution in [1.29, 1.82) is 0 Å². The Morgan fingerprint density at radius 1 is 1.11 bits per heavy atom. The molecule has 2 aromatic carbocycles. The second-order valence-corrected chi connectivity index (χ2v) is 4.85. The first-order valence-electron chi connectivity index (χ1n) is 5.55. The van der Waals surface area contributed by atoms with Crippen molar-refractivity contribution < 1.29 is 4.39 Å². The average molecular weight is 258 g/mol. The van der Waals surface area contributed by atoms with E-state index >= 15 is 0 Å². The van der Waals surface area contributed by atoms with Gasteiger partial charge in [-0.2, -0.15) is 5.10 Å². The van der Waals surface area contributed by atoms with Crippen LogP contribution in [0, 0.1) is 5.82 Å². The lowest BCUT2D eigenvalue weighted by atomic mass is 10.2. The highest BCUT2D eigenvalue weighted by molar-refractivity contribution is 7.98. The maximum absolute atomic E-state index is 13.1. The molecule has 0 spiro atoms. The van der Waals surface area contributed by atoms with Crippen molar-refractivity contribution >= 4 is 22.7 Å². The van der Waals surface area contributed by atoms with Gasteiger partial charge in [0.25, 0.3) is 0 Å². The summed E-state index contributed by atoms with van der Waals surface area (Å²) in [4.78, 5) is 1.21. The molecule has 0 atom stereocenters. The maximum atomic E-state index is 13.1. The van der Waals surface area contributed by atoms with Crippen LogP contribution in [0.5, 0.6) is 0 Å². The third-order valence-corrected chi connectivity index (χ3v) is 3.55. The van der Waals surface area contributed by atoms with Gasteiger partial charge in [0, 0.05) is 16.5 Å². The van der Waals surface area contributed by atoms with E-state index < -0.39 is 0 Å². The fourth-order valence-corrected chi connectivity index (χ4v) is 2.27. The van der Waals surface area contributed by atoms with Crippen molar-refractivity contribution in [2.45, 2.75) is 4.90 Å². The van der Waals surface area contributed by atoms with Crippen molar-refractivity contribution in [3.63, 3.8) is 0 Å². The van der Waals surface area contributed by atoms with E-state index in [1.807, 2.05) is 36.7 Å². The predicted octanol–water partition coefficient (Wildman–Crippen LogP) is 3.89. The highest BCUT2D eigenvalue weighted by Gasteiger charge is 2.03. The van der Waals surface area contributed by atoms with Gasteiger partial charge in [-0.25, -0.2) is 9.07 Å². The summed E-state index contributed by atoms with van der Waals surface area (Å²) in [6.45, 7) is 0. The van der Waals surface area contributed by atoms with Crippen LogP contribution in [0.4, 0.5) is 4.39 Å². The summed E-state index contributed by atoms with van der Waals surface area (Å²) < 4.78 is 14.9. The van der Waals surface area contributed by atoms with Gasteiger partial charge >= 0.3 is 0 Å². The molecule has 1 aromatic heterocycles. The molecule has 0 unspecified atom stereocenters. The molecule has 0 N–H and O–H groups in total. The van der Waals surface area contributed by atoms with Crippen molar-refractivity contribution in [2.24, 2.45) is 0 Å².